The third kappa shape index (κ3) is 1.84. The highest BCUT2D eigenvalue weighted by atomic mass is 16.3. The van der Waals surface area contributed by atoms with Gasteiger partial charge in [-0.2, -0.15) is 0 Å². The van der Waals surface area contributed by atoms with Gasteiger partial charge in [0.2, 0.25) is 0 Å². The molecule has 0 heterocycles. The molecule has 0 aliphatic heterocycles. The van der Waals surface area contributed by atoms with Crippen LogP contribution in [0.25, 0.3) is 0 Å². The summed E-state index contributed by atoms with van der Waals surface area (Å²) in [6, 6.07) is 0. The van der Waals surface area contributed by atoms with Crippen LogP contribution in [0.3, 0.4) is 0 Å². The lowest BCUT2D eigenvalue weighted by Gasteiger charge is -2.33. The van der Waals surface area contributed by atoms with E-state index in [1.807, 2.05) is 6.08 Å². The van der Waals surface area contributed by atoms with E-state index < -0.39 is 5.60 Å². The Bertz CT molecular complexity index is 160. The maximum atomic E-state index is 9.98. The van der Waals surface area contributed by atoms with Crippen molar-refractivity contribution in [2.45, 2.75) is 39.2 Å². The van der Waals surface area contributed by atoms with E-state index in [0.717, 1.165) is 12.8 Å². The molecule has 1 aliphatic rings. The van der Waals surface area contributed by atoms with Gasteiger partial charge in [-0.25, -0.2) is 0 Å². The zero-order valence-electron chi connectivity index (χ0n) is 7.67. The van der Waals surface area contributed by atoms with Crippen LogP contribution >= 0.6 is 0 Å². The van der Waals surface area contributed by atoms with E-state index in [1.54, 1.807) is 0 Å². The summed E-state index contributed by atoms with van der Waals surface area (Å²) in [6.45, 7) is 6.33. The molecule has 0 radical (unpaired) electrons. The number of aliphatic hydroxyl groups is 1. The van der Waals surface area contributed by atoms with E-state index in [0.29, 0.717) is 11.8 Å². The monoisotopic (exact) mass is 154 g/mol. The molecule has 1 N–H and O–H groups in total. The highest BCUT2D eigenvalue weighted by Gasteiger charge is 2.30. The molecule has 0 unspecified atom stereocenters. The number of hydrogen-bond acceptors (Lipinski definition) is 1. The van der Waals surface area contributed by atoms with Crippen LogP contribution in [0, 0.1) is 11.8 Å². The summed E-state index contributed by atoms with van der Waals surface area (Å²) in [6.07, 6.45) is 6.14. The molecule has 1 aliphatic carbocycles. The molecule has 0 aromatic rings. The van der Waals surface area contributed by atoms with Gasteiger partial charge in [-0.1, -0.05) is 32.9 Å². The summed E-state index contributed by atoms with van der Waals surface area (Å²) < 4.78 is 0. The standard InChI is InChI=1S/C10H18O/c1-8(2)10(11)6-4-9(3)5-7-10/h4,6,8-9,11H,5,7H2,1-3H3/t9-,10-/m1/s1. The van der Waals surface area contributed by atoms with Gasteiger partial charge in [-0.3, -0.25) is 0 Å². The Hall–Kier alpha value is -0.300. The second kappa shape index (κ2) is 2.98. The van der Waals surface area contributed by atoms with Gasteiger partial charge in [0.1, 0.15) is 0 Å². The predicted octanol–water partition coefficient (Wildman–Crippen LogP) is 2.36. The maximum absolute atomic E-state index is 9.98. The van der Waals surface area contributed by atoms with Crippen LogP contribution < -0.4 is 0 Å². The van der Waals surface area contributed by atoms with Crippen molar-refractivity contribution in [3.05, 3.63) is 12.2 Å². The first-order valence-electron chi connectivity index (χ1n) is 4.46. The zero-order chi connectivity index (χ0) is 8.48. The largest absolute Gasteiger partial charge is 0.386 e. The molecule has 0 bridgehead atoms. The van der Waals surface area contributed by atoms with Crippen LogP contribution in [0.1, 0.15) is 33.6 Å². The maximum Gasteiger partial charge on any atom is 0.0850 e. The first kappa shape index (κ1) is 8.79. The predicted molar refractivity (Wildman–Crippen MR) is 47.3 cm³/mol. The molecule has 64 valence electrons. The molecular formula is C10H18O. The molecule has 0 aromatic carbocycles. The minimum Gasteiger partial charge on any atom is -0.386 e. The molecule has 0 aromatic heterocycles. The molecule has 0 spiro atoms. The first-order chi connectivity index (χ1) is 5.04. The van der Waals surface area contributed by atoms with Crippen molar-refractivity contribution < 1.29 is 5.11 Å². The molecule has 0 amide bonds. The highest BCUT2D eigenvalue weighted by molar-refractivity contribution is 5.08. The van der Waals surface area contributed by atoms with Crippen molar-refractivity contribution >= 4 is 0 Å². The Morgan fingerprint density at radius 2 is 2.18 bits per heavy atom. The summed E-state index contributed by atoms with van der Waals surface area (Å²) in [5, 5.41) is 9.98. The molecule has 11 heavy (non-hydrogen) atoms. The van der Waals surface area contributed by atoms with Gasteiger partial charge in [-0.15, -0.1) is 0 Å². The smallest absolute Gasteiger partial charge is 0.0850 e. The van der Waals surface area contributed by atoms with Gasteiger partial charge in [0, 0.05) is 0 Å². The number of allylic oxidation sites excluding steroid dienone is 1. The van der Waals surface area contributed by atoms with Crippen molar-refractivity contribution in [2.75, 3.05) is 0 Å². The lowest BCUT2D eigenvalue weighted by molar-refractivity contribution is 0.0247. The minimum absolute atomic E-state index is 0.339. The topological polar surface area (TPSA) is 20.2 Å². The van der Waals surface area contributed by atoms with E-state index in [4.69, 9.17) is 0 Å². The minimum atomic E-state index is -0.521. The van der Waals surface area contributed by atoms with E-state index in [1.165, 1.54) is 0 Å². The fourth-order valence-corrected chi connectivity index (χ4v) is 1.45. The number of rotatable bonds is 1. The summed E-state index contributed by atoms with van der Waals surface area (Å²) in [7, 11) is 0. The van der Waals surface area contributed by atoms with E-state index in [-0.39, 0.29) is 0 Å². The lowest BCUT2D eigenvalue weighted by Crippen LogP contribution is -2.35. The van der Waals surface area contributed by atoms with E-state index >= 15 is 0 Å². The molecule has 0 fully saturated rings. The van der Waals surface area contributed by atoms with Gasteiger partial charge >= 0.3 is 0 Å². The summed E-state index contributed by atoms with van der Waals surface area (Å²) in [4.78, 5) is 0. The van der Waals surface area contributed by atoms with Gasteiger partial charge in [-0.05, 0) is 24.7 Å². The van der Waals surface area contributed by atoms with Crippen LogP contribution in [0.5, 0.6) is 0 Å². The number of hydrogen-bond donors (Lipinski definition) is 1. The van der Waals surface area contributed by atoms with Crippen molar-refractivity contribution in [3.63, 3.8) is 0 Å². The van der Waals surface area contributed by atoms with Crippen LogP contribution in [-0.2, 0) is 0 Å². The third-order valence-corrected chi connectivity index (χ3v) is 2.71. The summed E-state index contributed by atoms with van der Waals surface area (Å²) in [5.74, 6) is 0.986. The SMILES string of the molecule is CC(C)[C@@]1(O)C=C[C@@H](C)CC1. The van der Waals surface area contributed by atoms with Crippen molar-refractivity contribution in [2.24, 2.45) is 11.8 Å². The zero-order valence-corrected chi connectivity index (χ0v) is 7.67. The Morgan fingerprint density at radius 3 is 2.55 bits per heavy atom. The van der Waals surface area contributed by atoms with Crippen LogP contribution in [-0.4, -0.2) is 10.7 Å². The molecule has 1 nitrogen and oxygen atoms in total. The average Bonchev–Trinajstić information content (AvgIpc) is 1.95. The van der Waals surface area contributed by atoms with Gasteiger partial charge in [0.05, 0.1) is 5.60 Å². The molecule has 0 saturated carbocycles. The fraction of sp³-hybridized carbons (Fsp3) is 0.800. The van der Waals surface area contributed by atoms with E-state index in [9.17, 15) is 5.11 Å². The second-order valence-corrected chi connectivity index (χ2v) is 4.02. The third-order valence-electron chi connectivity index (χ3n) is 2.71. The Kier molecular flexibility index (Phi) is 2.38. The van der Waals surface area contributed by atoms with Gasteiger partial charge < -0.3 is 5.11 Å². The molecule has 1 rings (SSSR count). The quantitative estimate of drug-likeness (QED) is 0.575. The van der Waals surface area contributed by atoms with Crippen molar-refractivity contribution in [3.8, 4) is 0 Å². The molecule has 2 atom stereocenters. The Balaban J connectivity index is 2.68. The average molecular weight is 154 g/mol. The molecule has 0 saturated heterocycles. The van der Waals surface area contributed by atoms with Gasteiger partial charge in [0.25, 0.3) is 0 Å². The normalized spacial score (nSPS) is 38.1. The fourth-order valence-electron chi connectivity index (χ4n) is 1.45. The van der Waals surface area contributed by atoms with Gasteiger partial charge in [0.15, 0.2) is 0 Å². The molecule has 1 heteroatoms. The second-order valence-electron chi connectivity index (χ2n) is 4.02. The molecular weight excluding hydrogens is 136 g/mol. The Morgan fingerprint density at radius 1 is 1.55 bits per heavy atom. The Labute approximate surface area is 69.1 Å². The summed E-state index contributed by atoms with van der Waals surface area (Å²) in [5.41, 5.74) is -0.521. The lowest BCUT2D eigenvalue weighted by atomic mass is 9.79. The van der Waals surface area contributed by atoms with Crippen molar-refractivity contribution in [1.29, 1.82) is 0 Å². The summed E-state index contributed by atoms with van der Waals surface area (Å²) >= 11 is 0. The van der Waals surface area contributed by atoms with Crippen LogP contribution in [0.15, 0.2) is 12.2 Å². The van der Waals surface area contributed by atoms with Crippen molar-refractivity contribution in [1.82, 2.24) is 0 Å². The van der Waals surface area contributed by atoms with Crippen LogP contribution in [0.4, 0.5) is 0 Å². The highest BCUT2D eigenvalue weighted by Crippen LogP contribution is 2.31. The van der Waals surface area contributed by atoms with Crippen LogP contribution in [0.2, 0.25) is 0 Å². The first-order valence-corrected chi connectivity index (χ1v) is 4.46. The van der Waals surface area contributed by atoms with E-state index in [2.05, 4.69) is 26.8 Å².